The Balaban J connectivity index is 1.14. The number of hydrogen-bond acceptors (Lipinski definition) is 6. The van der Waals surface area contributed by atoms with E-state index in [2.05, 4.69) is 5.32 Å². The van der Waals surface area contributed by atoms with Gasteiger partial charge in [-0.15, -0.1) is 0 Å². The lowest BCUT2D eigenvalue weighted by Crippen LogP contribution is -2.52. The smallest absolute Gasteiger partial charge is 0.407 e. The summed E-state index contributed by atoms with van der Waals surface area (Å²) < 4.78 is 6.21. The summed E-state index contributed by atoms with van der Waals surface area (Å²) in [5, 5.41) is 11.5. The Morgan fingerprint density at radius 2 is 1.73 bits per heavy atom. The number of hydrogen-bond donors (Lipinski definition) is 2. The molecular formula is C26H30N4O7. The van der Waals surface area contributed by atoms with Gasteiger partial charge < -0.3 is 24.5 Å². The van der Waals surface area contributed by atoms with Crippen LogP contribution in [0.1, 0.15) is 60.0 Å². The van der Waals surface area contributed by atoms with E-state index in [0.717, 1.165) is 29.7 Å². The predicted molar refractivity (Wildman–Crippen MR) is 128 cm³/mol. The van der Waals surface area contributed by atoms with Crippen molar-refractivity contribution in [3.63, 3.8) is 0 Å². The number of benzene rings is 1. The van der Waals surface area contributed by atoms with E-state index >= 15 is 0 Å². The van der Waals surface area contributed by atoms with Crippen LogP contribution in [0.15, 0.2) is 12.1 Å². The largest absolute Gasteiger partial charge is 0.492 e. The summed E-state index contributed by atoms with van der Waals surface area (Å²) in [6.45, 7) is 2.77. The van der Waals surface area contributed by atoms with Crippen molar-refractivity contribution in [3.05, 3.63) is 28.8 Å². The van der Waals surface area contributed by atoms with E-state index in [0.29, 0.717) is 57.6 Å². The minimum Gasteiger partial charge on any atom is -0.492 e. The standard InChI is InChI=1S/C26H30N4O7/c31-20-4-3-19(22(32)27-20)30-13-17-16(24(30)34)1-2-18-21(17)37-14-26(18)7-11-28(12-8-26)23(33)15-5-9-29(10-6-15)25(35)36/h1-2,15,19H,3-14H2,(H,35,36)(H,27,31,32)/t19-/m0/s1. The van der Waals surface area contributed by atoms with Crippen LogP contribution in [-0.2, 0) is 26.3 Å². The number of rotatable bonds is 2. The highest BCUT2D eigenvalue weighted by atomic mass is 16.5. The number of nitrogens with one attached hydrogen (secondary N) is 1. The lowest BCUT2D eigenvalue weighted by molar-refractivity contribution is -0.139. The van der Waals surface area contributed by atoms with Gasteiger partial charge in [0.2, 0.25) is 17.7 Å². The monoisotopic (exact) mass is 510 g/mol. The normalized spacial score (nSPS) is 25.1. The number of amides is 5. The van der Waals surface area contributed by atoms with Crippen LogP contribution in [0.4, 0.5) is 4.79 Å². The molecule has 11 heteroatoms. The fraction of sp³-hybridized carbons (Fsp3) is 0.577. The zero-order valence-electron chi connectivity index (χ0n) is 20.5. The molecule has 1 spiro atoms. The molecule has 0 saturated carbocycles. The van der Waals surface area contributed by atoms with E-state index in [1.807, 2.05) is 17.0 Å². The average Bonchev–Trinajstić information content (AvgIpc) is 3.42. The van der Waals surface area contributed by atoms with E-state index in [1.54, 1.807) is 0 Å². The van der Waals surface area contributed by atoms with Crippen molar-refractivity contribution < 1.29 is 33.8 Å². The van der Waals surface area contributed by atoms with Crippen molar-refractivity contribution in [2.45, 2.75) is 56.5 Å². The molecule has 6 rings (SSSR count). The average molecular weight is 511 g/mol. The molecule has 11 nitrogen and oxygen atoms in total. The second-order valence-corrected chi connectivity index (χ2v) is 10.8. The van der Waals surface area contributed by atoms with Gasteiger partial charge in [-0.25, -0.2) is 4.79 Å². The van der Waals surface area contributed by atoms with Crippen LogP contribution in [0, 0.1) is 5.92 Å². The molecule has 2 N–H and O–H groups in total. The maximum Gasteiger partial charge on any atom is 0.407 e. The van der Waals surface area contributed by atoms with E-state index in [9.17, 15) is 24.0 Å². The van der Waals surface area contributed by atoms with Crippen molar-refractivity contribution in [1.82, 2.24) is 20.0 Å². The van der Waals surface area contributed by atoms with E-state index in [1.165, 1.54) is 9.80 Å². The fourth-order valence-electron chi connectivity index (χ4n) is 6.63. The molecule has 196 valence electrons. The number of nitrogens with zero attached hydrogens (tertiary/aromatic N) is 3. The zero-order chi connectivity index (χ0) is 25.9. The quantitative estimate of drug-likeness (QED) is 0.569. The third-order valence-corrected chi connectivity index (χ3v) is 8.88. The number of piperidine rings is 3. The molecule has 5 heterocycles. The second kappa shape index (κ2) is 8.74. The Labute approximate surface area is 213 Å². The molecule has 1 aromatic rings. The van der Waals surface area contributed by atoms with E-state index in [4.69, 9.17) is 9.84 Å². The van der Waals surface area contributed by atoms with Gasteiger partial charge in [0.05, 0.1) is 13.2 Å². The SMILES string of the molecule is O=C1CC[C@H](N2Cc3c(ccc4c3OCC43CCN(C(=O)C4CCN(C(=O)O)CC4)CC3)C2=O)C(=O)N1. The summed E-state index contributed by atoms with van der Waals surface area (Å²) in [5.74, 6) is -0.264. The number of likely N-dealkylation sites (tertiary alicyclic amines) is 2. The Bertz CT molecular complexity index is 1200. The molecule has 5 aliphatic rings. The molecule has 5 aliphatic heterocycles. The number of fused-ring (bicyclic) bond motifs is 4. The number of carbonyl (C=O) groups is 5. The molecule has 3 saturated heterocycles. The maximum atomic E-state index is 13.1. The van der Waals surface area contributed by atoms with Gasteiger partial charge in [-0.2, -0.15) is 0 Å². The van der Waals surface area contributed by atoms with Crippen molar-refractivity contribution in [1.29, 1.82) is 0 Å². The summed E-state index contributed by atoms with van der Waals surface area (Å²) in [4.78, 5) is 66.2. The number of ether oxygens (including phenoxy) is 1. The van der Waals surface area contributed by atoms with Gasteiger partial charge in [-0.1, -0.05) is 6.07 Å². The molecule has 0 aromatic heterocycles. The minimum absolute atomic E-state index is 0.110. The highest BCUT2D eigenvalue weighted by Gasteiger charge is 2.48. The lowest BCUT2D eigenvalue weighted by atomic mass is 9.73. The number of imide groups is 1. The minimum atomic E-state index is -0.931. The first kappa shape index (κ1) is 23.7. The van der Waals surface area contributed by atoms with Crippen LogP contribution in [0.3, 0.4) is 0 Å². The molecule has 3 fully saturated rings. The zero-order valence-corrected chi connectivity index (χ0v) is 20.5. The van der Waals surface area contributed by atoms with Crippen molar-refractivity contribution in [2.75, 3.05) is 32.8 Å². The first-order chi connectivity index (χ1) is 17.8. The van der Waals surface area contributed by atoms with Gasteiger partial charge >= 0.3 is 6.09 Å². The Hall–Kier alpha value is -3.63. The van der Waals surface area contributed by atoms with E-state index < -0.39 is 18.0 Å². The van der Waals surface area contributed by atoms with E-state index in [-0.39, 0.29) is 42.0 Å². The van der Waals surface area contributed by atoms with Gasteiger partial charge in [0.1, 0.15) is 11.8 Å². The van der Waals surface area contributed by atoms with Gasteiger partial charge in [0.15, 0.2) is 0 Å². The summed E-state index contributed by atoms with van der Waals surface area (Å²) in [6, 6.07) is 3.12. The fourth-order valence-corrected chi connectivity index (χ4v) is 6.63. The maximum absolute atomic E-state index is 13.1. The topological polar surface area (TPSA) is 137 Å². The number of carboxylic acid groups (broad SMARTS) is 1. The van der Waals surface area contributed by atoms with Crippen LogP contribution in [0.25, 0.3) is 0 Å². The first-order valence-electron chi connectivity index (χ1n) is 13.0. The highest BCUT2D eigenvalue weighted by molar-refractivity contribution is 6.05. The third kappa shape index (κ3) is 3.82. The molecule has 0 bridgehead atoms. The molecule has 0 radical (unpaired) electrons. The summed E-state index contributed by atoms with van der Waals surface area (Å²) in [6.07, 6.45) is 2.22. The summed E-state index contributed by atoms with van der Waals surface area (Å²) in [7, 11) is 0. The first-order valence-corrected chi connectivity index (χ1v) is 13.0. The highest BCUT2D eigenvalue weighted by Crippen LogP contribution is 2.49. The Morgan fingerprint density at radius 3 is 2.41 bits per heavy atom. The summed E-state index contributed by atoms with van der Waals surface area (Å²) in [5.41, 5.74) is 2.18. The molecule has 0 unspecified atom stereocenters. The second-order valence-electron chi connectivity index (χ2n) is 10.8. The predicted octanol–water partition coefficient (Wildman–Crippen LogP) is 1.09. The van der Waals surface area contributed by atoms with Crippen LogP contribution < -0.4 is 10.1 Å². The van der Waals surface area contributed by atoms with Gasteiger partial charge in [-0.05, 0) is 38.2 Å². The molecule has 0 aliphatic carbocycles. The Morgan fingerprint density at radius 1 is 1.00 bits per heavy atom. The lowest BCUT2D eigenvalue weighted by Gasteiger charge is -2.40. The van der Waals surface area contributed by atoms with Crippen LogP contribution in [-0.4, -0.2) is 88.4 Å². The van der Waals surface area contributed by atoms with Crippen LogP contribution >= 0.6 is 0 Å². The van der Waals surface area contributed by atoms with Crippen molar-refractivity contribution in [3.8, 4) is 5.75 Å². The molecule has 37 heavy (non-hydrogen) atoms. The molecule has 1 atom stereocenters. The van der Waals surface area contributed by atoms with Crippen molar-refractivity contribution >= 4 is 29.7 Å². The van der Waals surface area contributed by atoms with Crippen LogP contribution in [0.5, 0.6) is 5.75 Å². The van der Waals surface area contributed by atoms with Gasteiger partial charge in [0, 0.05) is 60.6 Å². The van der Waals surface area contributed by atoms with Crippen molar-refractivity contribution in [2.24, 2.45) is 5.92 Å². The Kier molecular flexibility index (Phi) is 5.61. The number of carbonyl (C=O) groups excluding carboxylic acids is 4. The summed E-state index contributed by atoms with van der Waals surface area (Å²) >= 11 is 0. The molecular weight excluding hydrogens is 480 g/mol. The van der Waals surface area contributed by atoms with Gasteiger partial charge in [0.25, 0.3) is 5.91 Å². The molecule has 1 aromatic carbocycles. The van der Waals surface area contributed by atoms with Crippen LogP contribution in [0.2, 0.25) is 0 Å². The molecule has 5 amide bonds. The third-order valence-electron chi connectivity index (χ3n) is 8.88. The van der Waals surface area contributed by atoms with Gasteiger partial charge in [-0.3, -0.25) is 24.5 Å².